The first-order chi connectivity index (χ1) is 29.0. The van der Waals surface area contributed by atoms with Gasteiger partial charge in [0.1, 0.15) is 6.10 Å². The van der Waals surface area contributed by atoms with E-state index in [0.29, 0.717) is 19.3 Å². The summed E-state index contributed by atoms with van der Waals surface area (Å²) >= 11 is 0. The molecule has 3 N–H and O–H groups in total. The van der Waals surface area contributed by atoms with Gasteiger partial charge in [-0.25, -0.2) is 0 Å². The summed E-state index contributed by atoms with van der Waals surface area (Å²) in [6, 6.07) is -0.704. The van der Waals surface area contributed by atoms with Crippen LogP contribution in [0.5, 0.6) is 0 Å². The van der Waals surface area contributed by atoms with Gasteiger partial charge in [0.2, 0.25) is 5.91 Å². The number of amides is 1. The number of carbonyl (C=O) groups is 2. The van der Waals surface area contributed by atoms with Crippen LogP contribution in [0.15, 0.2) is 36.5 Å². The topological polar surface area (TPSA) is 95.9 Å². The molecule has 59 heavy (non-hydrogen) atoms. The molecule has 0 aliphatic heterocycles. The lowest BCUT2D eigenvalue weighted by atomic mass is 10.0. The minimum absolute atomic E-state index is 0.0666. The van der Waals surface area contributed by atoms with Gasteiger partial charge in [0.25, 0.3) is 0 Å². The van der Waals surface area contributed by atoms with Crippen molar-refractivity contribution in [2.24, 2.45) is 0 Å². The van der Waals surface area contributed by atoms with Crippen molar-refractivity contribution in [1.82, 2.24) is 5.32 Å². The minimum atomic E-state index is -0.790. The average molecular weight is 830 g/mol. The van der Waals surface area contributed by atoms with Crippen molar-refractivity contribution in [3.05, 3.63) is 36.5 Å². The second-order valence-electron chi connectivity index (χ2n) is 17.5. The fourth-order valence-corrected chi connectivity index (χ4v) is 7.82. The molecule has 3 unspecified atom stereocenters. The first-order valence-electron chi connectivity index (χ1n) is 25.7. The number of unbranched alkanes of at least 4 members (excludes halogenated alkanes) is 28. The molecule has 0 aromatic heterocycles. The van der Waals surface area contributed by atoms with Gasteiger partial charge >= 0.3 is 5.97 Å². The Hall–Kier alpha value is -1.92. The summed E-state index contributed by atoms with van der Waals surface area (Å²) in [5, 5.41) is 23.7. The number of esters is 1. The fraction of sp³-hybridized carbons (Fsp3) is 0.849. The number of aliphatic hydroxyl groups is 2. The zero-order chi connectivity index (χ0) is 43.1. The van der Waals surface area contributed by atoms with Gasteiger partial charge in [-0.2, -0.15) is 0 Å². The van der Waals surface area contributed by atoms with Gasteiger partial charge in [-0.3, -0.25) is 9.59 Å². The van der Waals surface area contributed by atoms with Crippen LogP contribution >= 0.6 is 0 Å². The second kappa shape index (κ2) is 47.1. The van der Waals surface area contributed by atoms with Crippen LogP contribution in [0.4, 0.5) is 0 Å². The quantitative estimate of drug-likeness (QED) is 0.0323. The second-order valence-corrected chi connectivity index (χ2v) is 17.5. The van der Waals surface area contributed by atoms with Crippen LogP contribution in [0.2, 0.25) is 0 Å². The first kappa shape index (κ1) is 57.1. The summed E-state index contributed by atoms with van der Waals surface area (Å²) in [6.45, 7) is 6.37. The van der Waals surface area contributed by atoms with Crippen molar-refractivity contribution in [3.8, 4) is 0 Å². The Balaban J connectivity index is 4.53. The molecule has 6 heteroatoms. The summed E-state index contributed by atoms with van der Waals surface area (Å²) in [5.74, 6) is -0.491. The maximum Gasteiger partial charge on any atom is 0.306 e. The van der Waals surface area contributed by atoms with E-state index in [0.717, 1.165) is 83.5 Å². The largest absolute Gasteiger partial charge is 0.462 e. The summed E-state index contributed by atoms with van der Waals surface area (Å²) in [6.07, 6.45) is 55.0. The lowest BCUT2D eigenvalue weighted by Gasteiger charge is -2.24. The van der Waals surface area contributed by atoms with Gasteiger partial charge in [-0.1, -0.05) is 211 Å². The van der Waals surface area contributed by atoms with Gasteiger partial charge < -0.3 is 20.3 Å². The highest BCUT2D eigenvalue weighted by molar-refractivity contribution is 5.77. The molecule has 0 aliphatic rings. The molecule has 0 rings (SSSR count). The number of aliphatic hydroxyl groups excluding tert-OH is 2. The number of allylic oxidation sites excluding steroid dienone is 6. The number of hydrogen-bond donors (Lipinski definition) is 3. The third-order valence-corrected chi connectivity index (χ3v) is 11.7. The first-order valence-corrected chi connectivity index (χ1v) is 25.7. The van der Waals surface area contributed by atoms with E-state index in [-0.39, 0.29) is 24.9 Å². The predicted molar refractivity (Wildman–Crippen MR) is 255 cm³/mol. The van der Waals surface area contributed by atoms with Gasteiger partial charge in [0, 0.05) is 6.42 Å². The van der Waals surface area contributed by atoms with Crippen LogP contribution in [0.3, 0.4) is 0 Å². The molecule has 0 aromatic rings. The molecule has 0 aliphatic carbocycles. The molecular formula is C53H99NO5. The zero-order valence-electron chi connectivity index (χ0n) is 39.4. The monoisotopic (exact) mass is 830 g/mol. The van der Waals surface area contributed by atoms with Gasteiger partial charge in [0.05, 0.1) is 25.2 Å². The van der Waals surface area contributed by atoms with E-state index in [1.54, 1.807) is 0 Å². The number of ether oxygens (including phenoxy) is 1. The Morgan fingerprint density at radius 2 is 0.915 bits per heavy atom. The minimum Gasteiger partial charge on any atom is -0.462 e. The van der Waals surface area contributed by atoms with E-state index >= 15 is 0 Å². The van der Waals surface area contributed by atoms with Crippen LogP contribution in [0.1, 0.15) is 265 Å². The van der Waals surface area contributed by atoms with E-state index < -0.39 is 18.2 Å². The third-order valence-electron chi connectivity index (χ3n) is 11.7. The van der Waals surface area contributed by atoms with Crippen molar-refractivity contribution in [1.29, 1.82) is 0 Å². The highest BCUT2D eigenvalue weighted by atomic mass is 16.5. The van der Waals surface area contributed by atoms with Crippen LogP contribution in [0, 0.1) is 0 Å². The van der Waals surface area contributed by atoms with E-state index in [4.69, 9.17) is 4.74 Å². The Labute approximate surface area is 366 Å². The maximum absolute atomic E-state index is 13.2. The highest BCUT2D eigenvalue weighted by Gasteiger charge is 2.24. The van der Waals surface area contributed by atoms with E-state index in [9.17, 15) is 19.8 Å². The SMILES string of the molecule is CC/C=C/C/C=C/CCCCCCCC(CC(=O)NC(CO)C(O)CCCCCCCCCCCC)OC(=O)CCCCCCC/C=C/CCCCCCCCCCC. The lowest BCUT2D eigenvalue weighted by Crippen LogP contribution is -2.46. The molecule has 0 spiro atoms. The number of nitrogens with one attached hydrogen (secondary N) is 1. The molecule has 0 bridgehead atoms. The van der Waals surface area contributed by atoms with Crippen molar-refractivity contribution in [2.75, 3.05) is 6.61 Å². The third kappa shape index (κ3) is 42.6. The predicted octanol–water partition coefficient (Wildman–Crippen LogP) is 15.3. The summed E-state index contributed by atoms with van der Waals surface area (Å²) < 4.78 is 5.92. The van der Waals surface area contributed by atoms with Crippen LogP contribution in [-0.2, 0) is 14.3 Å². The van der Waals surface area contributed by atoms with Crippen LogP contribution in [0.25, 0.3) is 0 Å². The lowest BCUT2D eigenvalue weighted by molar-refractivity contribution is -0.151. The molecule has 0 saturated carbocycles. The summed E-state index contributed by atoms with van der Waals surface area (Å²) in [5.41, 5.74) is 0. The molecule has 0 radical (unpaired) electrons. The smallest absolute Gasteiger partial charge is 0.306 e. The Morgan fingerprint density at radius 3 is 1.39 bits per heavy atom. The highest BCUT2D eigenvalue weighted by Crippen LogP contribution is 2.18. The Morgan fingerprint density at radius 1 is 0.508 bits per heavy atom. The molecule has 346 valence electrons. The molecule has 1 amide bonds. The van der Waals surface area contributed by atoms with E-state index in [1.807, 2.05) is 0 Å². The number of rotatable bonds is 46. The fourth-order valence-electron chi connectivity index (χ4n) is 7.82. The van der Waals surface area contributed by atoms with Crippen LogP contribution in [-0.4, -0.2) is 46.9 Å². The summed E-state index contributed by atoms with van der Waals surface area (Å²) in [4.78, 5) is 26.1. The Bertz CT molecular complexity index is 977. The van der Waals surface area contributed by atoms with Crippen molar-refractivity contribution in [3.63, 3.8) is 0 Å². The van der Waals surface area contributed by atoms with Gasteiger partial charge in [-0.05, 0) is 77.0 Å². The molecular weight excluding hydrogens is 731 g/mol. The molecule has 6 nitrogen and oxygen atoms in total. The van der Waals surface area contributed by atoms with Gasteiger partial charge in [0.15, 0.2) is 0 Å². The van der Waals surface area contributed by atoms with Crippen molar-refractivity contribution < 1.29 is 24.5 Å². The van der Waals surface area contributed by atoms with Crippen molar-refractivity contribution in [2.45, 2.75) is 283 Å². The van der Waals surface area contributed by atoms with Crippen molar-refractivity contribution >= 4 is 11.9 Å². The van der Waals surface area contributed by atoms with Crippen LogP contribution < -0.4 is 5.32 Å². The number of hydrogen-bond acceptors (Lipinski definition) is 5. The molecule has 0 saturated heterocycles. The molecule has 0 aromatic carbocycles. The van der Waals surface area contributed by atoms with E-state index in [1.165, 1.54) is 135 Å². The maximum atomic E-state index is 13.2. The molecule has 3 atom stereocenters. The standard InChI is InChI=1S/C53H99NO5/c1-4-7-10-13-16-19-22-24-25-26-27-28-29-31-34-37-40-43-46-53(58)59-49(44-41-38-35-32-30-23-20-17-14-11-8-5-2)47-52(57)54-50(48-55)51(56)45-42-39-36-33-21-18-15-12-9-6-3/h8,11,17,20,27-28,49-51,55-56H,4-7,9-10,12-16,18-19,21-26,29-48H2,1-3H3,(H,54,57)/b11-8+,20-17+,28-27+. The average Bonchev–Trinajstić information content (AvgIpc) is 3.23. The van der Waals surface area contributed by atoms with Gasteiger partial charge in [-0.15, -0.1) is 0 Å². The normalized spacial score (nSPS) is 13.5. The molecule has 0 heterocycles. The number of carbonyl (C=O) groups excluding carboxylic acids is 2. The summed E-state index contributed by atoms with van der Waals surface area (Å²) in [7, 11) is 0. The van der Waals surface area contributed by atoms with E-state index in [2.05, 4.69) is 62.5 Å². The Kier molecular flexibility index (Phi) is 45.6. The molecule has 0 fully saturated rings. The zero-order valence-corrected chi connectivity index (χ0v) is 39.4.